The van der Waals surface area contributed by atoms with Gasteiger partial charge in [-0.3, -0.25) is 0 Å². The van der Waals surface area contributed by atoms with Crippen molar-refractivity contribution in [3.05, 3.63) is 11.6 Å². The van der Waals surface area contributed by atoms with Crippen LogP contribution in [0, 0.1) is 0 Å². The van der Waals surface area contributed by atoms with Gasteiger partial charge >= 0.3 is 0 Å². The Bertz CT molecular complexity index is 127. The van der Waals surface area contributed by atoms with Crippen LogP contribution in [-0.2, 0) is 0 Å². The first kappa shape index (κ1) is 11.9. The highest BCUT2D eigenvalue weighted by Crippen LogP contribution is 2.07. The second-order valence-electron chi connectivity index (χ2n) is 2.69. The van der Waals surface area contributed by atoms with Crippen molar-refractivity contribution in [3.63, 3.8) is 0 Å². The summed E-state index contributed by atoms with van der Waals surface area (Å²) in [5.41, 5.74) is 0.832. The third-order valence-electron chi connectivity index (χ3n) is 1.97. The van der Waals surface area contributed by atoms with Gasteiger partial charge in [0, 0.05) is 12.1 Å². The highest BCUT2D eigenvalue weighted by molar-refractivity contribution is 6.25. The van der Waals surface area contributed by atoms with Crippen LogP contribution in [0.3, 0.4) is 0 Å². The smallest absolute Gasteiger partial charge is 0.0647 e. The summed E-state index contributed by atoms with van der Waals surface area (Å²) in [7, 11) is 0. The minimum absolute atomic E-state index is 0.0733. The fourth-order valence-corrected chi connectivity index (χ4v) is 0.919. The lowest BCUT2D eigenvalue weighted by Gasteiger charge is -2.29. The molecular weight excluding hydrogens is 178 g/mol. The van der Waals surface area contributed by atoms with E-state index in [4.69, 9.17) is 21.8 Å². The Morgan fingerprint density at radius 3 is 2.33 bits per heavy atom. The molecule has 0 radical (unpaired) electrons. The van der Waals surface area contributed by atoms with Crippen molar-refractivity contribution in [3.8, 4) is 0 Å². The van der Waals surface area contributed by atoms with Gasteiger partial charge in [-0.05, 0) is 6.42 Å². The zero-order chi connectivity index (χ0) is 9.45. The lowest BCUT2D eigenvalue weighted by atomic mass is 9.99. The van der Waals surface area contributed by atoms with E-state index in [9.17, 15) is 0 Å². The van der Waals surface area contributed by atoms with Crippen LogP contribution < -0.4 is 5.32 Å². The molecule has 3 N–H and O–H groups in total. The van der Waals surface area contributed by atoms with Crippen molar-refractivity contribution < 1.29 is 10.2 Å². The molecule has 0 spiro atoms. The fourth-order valence-electron chi connectivity index (χ4n) is 0.830. The molecule has 3 nitrogen and oxygen atoms in total. The third kappa shape index (κ3) is 3.54. The van der Waals surface area contributed by atoms with E-state index in [0.29, 0.717) is 13.0 Å². The summed E-state index contributed by atoms with van der Waals surface area (Å²) in [6.45, 7) is 2.31. The predicted molar refractivity (Wildman–Crippen MR) is 50.2 cm³/mol. The van der Waals surface area contributed by atoms with Crippen LogP contribution in [0.25, 0.3) is 0 Å². The molecule has 0 heterocycles. The van der Waals surface area contributed by atoms with Gasteiger partial charge in [0.1, 0.15) is 0 Å². The van der Waals surface area contributed by atoms with Gasteiger partial charge in [0.25, 0.3) is 0 Å². The molecule has 0 aliphatic heterocycles. The van der Waals surface area contributed by atoms with Crippen molar-refractivity contribution in [2.24, 2.45) is 0 Å². The van der Waals surface area contributed by atoms with Gasteiger partial charge in [-0.2, -0.15) is 0 Å². The lowest BCUT2D eigenvalue weighted by molar-refractivity contribution is 0.0908. The Hall–Kier alpha value is -0.0900. The normalized spacial score (nSPS) is 12.7. The van der Waals surface area contributed by atoms with Gasteiger partial charge in [0.15, 0.2) is 0 Å². The number of rotatable bonds is 6. The zero-order valence-electron chi connectivity index (χ0n) is 7.26. The van der Waals surface area contributed by atoms with Crippen molar-refractivity contribution in [1.82, 2.24) is 5.32 Å². The Morgan fingerprint density at radius 2 is 2.00 bits per heavy atom. The Balaban J connectivity index is 3.92. The number of aliphatic hydroxyl groups excluding tert-OH is 2. The molecule has 12 heavy (non-hydrogen) atoms. The SMILES string of the molecule is CCC(CO)(CO)NC/C=C/Cl. The van der Waals surface area contributed by atoms with E-state index in [1.54, 1.807) is 6.08 Å². The molecule has 0 aliphatic rings. The van der Waals surface area contributed by atoms with Gasteiger partial charge in [-0.25, -0.2) is 0 Å². The van der Waals surface area contributed by atoms with Gasteiger partial charge in [-0.15, -0.1) is 0 Å². The van der Waals surface area contributed by atoms with E-state index in [2.05, 4.69) is 5.32 Å². The molecule has 0 aromatic carbocycles. The maximum Gasteiger partial charge on any atom is 0.0647 e. The molecule has 0 aromatic rings. The quantitative estimate of drug-likeness (QED) is 0.575. The molecule has 0 aliphatic carbocycles. The average molecular weight is 194 g/mol. The van der Waals surface area contributed by atoms with Gasteiger partial charge in [0.05, 0.1) is 18.8 Å². The first-order valence-corrected chi connectivity index (χ1v) is 4.40. The Labute approximate surface area is 78.0 Å². The number of hydrogen-bond donors (Lipinski definition) is 3. The first-order valence-electron chi connectivity index (χ1n) is 3.96. The van der Waals surface area contributed by atoms with Crippen LogP contribution in [0.2, 0.25) is 0 Å². The number of halogens is 1. The number of hydrogen-bond acceptors (Lipinski definition) is 3. The molecule has 0 rings (SSSR count). The predicted octanol–water partition coefficient (Wildman–Crippen LogP) is 0.462. The van der Waals surface area contributed by atoms with Crippen LogP contribution in [0.4, 0.5) is 0 Å². The van der Waals surface area contributed by atoms with Crippen LogP contribution in [0.15, 0.2) is 11.6 Å². The van der Waals surface area contributed by atoms with E-state index in [1.165, 1.54) is 5.54 Å². The summed E-state index contributed by atoms with van der Waals surface area (Å²) in [5.74, 6) is 0. The van der Waals surface area contributed by atoms with Crippen molar-refractivity contribution in [2.45, 2.75) is 18.9 Å². The molecular formula is C8H16ClNO2. The molecule has 0 fully saturated rings. The largest absolute Gasteiger partial charge is 0.394 e. The second kappa shape index (κ2) is 6.43. The molecule has 0 unspecified atom stereocenters. The molecule has 0 saturated carbocycles. The van der Waals surface area contributed by atoms with E-state index >= 15 is 0 Å². The Kier molecular flexibility index (Phi) is 6.38. The number of nitrogens with one attached hydrogen (secondary N) is 1. The van der Waals surface area contributed by atoms with Crippen LogP contribution in [-0.4, -0.2) is 35.5 Å². The standard InChI is InChI=1S/C8H16ClNO2/c1-2-8(6-11,7-12)10-5-3-4-9/h3-4,10-12H,2,5-7H2,1H3/b4-3+. The highest BCUT2D eigenvalue weighted by Gasteiger charge is 2.24. The summed E-state index contributed by atoms with van der Waals surface area (Å²) in [5, 5.41) is 21.0. The second-order valence-corrected chi connectivity index (χ2v) is 2.94. The average Bonchev–Trinajstić information content (AvgIpc) is 2.14. The summed E-state index contributed by atoms with van der Waals surface area (Å²) >= 11 is 5.31. The van der Waals surface area contributed by atoms with Gasteiger partial charge in [0.2, 0.25) is 0 Å². The molecule has 0 aromatic heterocycles. The minimum Gasteiger partial charge on any atom is -0.394 e. The monoisotopic (exact) mass is 193 g/mol. The number of aliphatic hydroxyl groups is 2. The Morgan fingerprint density at radius 1 is 1.42 bits per heavy atom. The topological polar surface area (TPSA) is 52.5 Å². The molecule has 0 atom stereocenters. The van der Waals surface area contributed by atoms with E-state index < -0.39 is 5.54 Å². The molecule has 0 saturated heterocycles. The summed E-state index contributed by atoms with van der Waals surface area (Å²) in [6, 6.07) is 0. The van der Waals surface area contributed by atoms with E-state index in [-0.39, 0.29) is 13.2 Å². The highest BCUT2D eigenvalue weighted by atomic mass is 35.5. The third-order valence-corrected chi connectivity index (χ3v) is 2.14. The summed E-state index contributed by atoms with van der Waals surface area (Å²) in [6.07, 6.45) is 2.40. The van der Waals surface area contributed by atoms with Crippen molar-refractivity contribution in [2.75, 3.05) is 19.8 Å². The van der Waals surface area contributed by atoms with Gasteiger partial charge in [-0.1, -0.05) is 24.6 Å². The fraction of sp³-hybridized carbons (Fsp3) is 0.750. The maximum atomic E-state index is 9.00. The van der Waals surface area contributed by atoms with Crippen LogP contribution in [0.5, 0.6) is 0 Å². The molecule has 72 valence electrons. The van der Waals surface area contributed by atoms with Gasteiger partial charge < -0.3 is 15.5 Å². The first-order chi connectivity index (χ1) is 5.74. The summed E-state index contributed by atoms with van der Waals surface area (Å²) in [4.78, 5) is 0. The molecule has 0 amide bonds. The van der Waals surface area contributed by atoms with Crippen molar-refractivity contribution >= 4 is 11.6 Å². The zero-order valence-corrected chi connectivity index (χ0v) is 8.01. The lowest BCUT2D eigenvalue weighted by Crippen LogP contribution is -2.51. The van der Waals surface area contributed by atoms with Crippen LogP contribution >= 0.6 is 11.6 Å². The summed E-state index contributed by atoms with van der Waals surface area (Å²) < 4.78 is 0. The maximum absolute atomic E-state index is 9.00. The van der Waals surface area contributed by atoms with E-state index in [1.807, 2.05) is 6.92 Å². The molecule has 0 bridgehead atoms. The van der Waals surface area contributed by atoms with Crippen molar-refractivity contribution in [1.29, 1.82) is 0 Å². The van der Waals surface area contributed by atoms with E-state index in [0.717, 1.165) is 0 Å². The minimum atomic E-state index is -0.573. The van der Waals surface area contributed by atoms with Crippen LogP contribution in [0.1, 0.15) is 13.3 Å². The molecule has 4 heteroatoms.